The summed E-state index contributed by atoms with van der Waals surface area (Å²) in [5, 5.41) is 10.5. The monoisotopic (exact) mass is 273 g/mol. The number of benzene rings is 1. The summed E-state index contributed by atoms with van der Waals surface area (Å²) in [7, 11) is 0. The predicted molar refractivity (Wildman–Crippen MR) is 82.4 cm³/mol. The van der Waals surface area contributed by atoms with Gasteiger partial charge in [0.05, 0.1) is 5.69 Å². The summed E-state index contributed by atoms with van der Waals surface area (Å²) in [5.41, 5.74) is 5.91. The van der Waals surface area contributed by atoms with E-state index < -0.39 is 0 Å². The molecule has 1 aliphatic rings. The molecule has 1 N–H and O–H groups in total. The van der Waals surface area contributed by atoms with Crippen LogP contribution in [-0.4, -0.2) is 17.1 Å². The molecule has 20 heavy (non-hydrogen) atoms. The zero-order chi connectivity index (χ0) is 15.2. The number of phenols is 1. The van der Waals surface area contributed by atoms with E-state index in [1.54, 1.807) is 6.92 Å². The van der Waals surface area contributed by atoms with Crippen molar-refractivity contribution in [1.82, 2.24) is 0 Å². The number of allylic oxidation sites excluding steroid dienone is 1. The first-order valence-electron chi connectivity index (χ1n) is 7.03. The molecule has 3 nitrogen and oxygen atoms in total. The zero-order valence-corrected chi connectivity index (χ0v) is 13.0. The van der Waals surface area contributed by atoms with Gasteiger partial charge in [-0.3, -0.25) is 4.79 Å². The molecular formula is C17H23NO2. The fraction of sp³-hybridized carbons (Fsp3) is 0.471. The van der Waals surface area contributed by atoms with Crippen LogP contribution in [0.25, 0.3) is 0 Å². The summed E-state index contributed by atoms with van der Waals surface area (Å²) < 4.78 is 0. The van der Waals surface area contributed by atoms with Crippen molar-refractivity contribution in [3.8, 4) is 5.75 Å². The van der Waals surface area contributed by atoms with Crippen LogP contribution < -0.4 is 4.90 Å². The Kier molecular flexibility index (Phi) is 3.63. The van der Waals surface area contributed by atoms with E-state index in [2.05, 4.69) is 13.5 Å². The molecule has 3 heteroatoms. The van der Waals surface area contributed by atoms with Gasteiger partial charge in [0.2, 0.25) is 5.91 Å². The second-order valence-electron chi connectivity index (χ2n) is 5.98. The molecular weight excluding hydrogens is 250 g/mol. The second kappa shape index (κ2) is 4.97. The normalized spacial score (nSPS) is 17.2. The van der Waals surface area contributed by atoms with Gasteiger partial charge in [-0.1, -0.05) is 12.2 Å². The highest BCUT2D eigenvalue weighted by molar-refractivity contribution is 5.96. The maximum Gasteiger partial charge on any atom is 0.224 e. The molecule has 1 aromatic carbocycles. The Morgan fingerprint density at radius 3 is 2.45 bits per heavy atom. The standard InChI is InChI=1S/C17H23NO2/c1-9(2)7-15-11(4)16-14(12(5)17(15)20)8-10(3)18(16)13(6)19/h10,20H,1,7-8H2,2-6H3. The summed E-state index contributed by atoms with van der Waals surface area (Å²) in [6.45, 7) is 13.5. The predicted octanol–water partition coefficient (Wildman–Crippen LogP) is 3.43. The van der Waals surface area contributed by atoms with Crippen LogP contribution in [0.2, 0.25) is 0 Å². The zero-order valence-electron chi connectivity index (χ0n) is 13.0. The van der Waals surface area contributed by atoms with Gasteiger partial charge >= 0.3 is 0 Å². The van der Waals surface area contributed by atoms with E-state index in [-0.39, 0.29) is 11.9 Å². The van der Waals surface area contributed by atoms with Crippen LogP contribution in [0.3, 0.4) is 0 Å². The summed E-state index contributed by atoms with van der Waals surface area (Å²) in [6, 6.07) is 0.152. The Balaban J connectivity index is 2.71. The average Bonchev–Trinajstić information content (AvgIpc) is 2.69. The van der Waals surface area contributed by atoms with Gasteiger partial charge in [0, 0.05) is 18.5 Å². The highest BCUT2D eigenvalue weighted by Gasteiger charge is 2.34. The molecule has 1 amide bonds. The van der Waals surface area contributed by atoms with Crippen LogP contribution in [0.4, 0.5) is 5.69 Å². The Bertz CT molecular complexity index is 602. The Labute approximate surface area is 120 Å². The van der Waals surface area contributed by atoms with Gasteiger partial charge in [0.1, 0.15) is 5.75 Å². The lowest BCUT2D eigenvalue weighted by Gasteiger charge is -2.24. The highest BCUT2D eigenvalue weighted by Crippen LogP contribution is 2.44. The third kappa shape index (κ3) is 2.11. The maximum absolute atomic E-state index is 11.9. The fourth-order valence-electron chi connectivity index (χ4n) is 3.26. The summed E-state index contributed by atoms with van der Waals surface area (Å²) in [5.74, 6) is 0.424. The van der Waals surface area contributed by atoms with Crippen molar-refractivity contribution in [3.63, 3.8) is 0 Å². The molecule has 0 fully saturated rings. The number of hydrogen-bond acceptors (Lipinski definition) is 2. The quantitative estimate of drug-likeness (QED) is 0.839. The Hall–Kier alpha value is -1.77. The molecule has 1 aromatic rings. The molecule has 0 radical (unpaired) electrons. The first-order chi connectivity index (χ1) is 9.25. The number of nitrogens with zero attached hydrogens (tertiary/aromatic N) is 1. The van der Waals surface area contributed by atoms with Crippen molar-refractivity contribution in [1.29, 1.82) is 0 Å². The molecule has 0 saturated heterocycles. The number of phenolic OH excluding ortho intramolecular Hbond substituents is 1. The number of rotatable bonds is 2. The van der Waals surface area contributed by atoms with Crippen LogP contribution in [0.1, 0.15) is 43.0 Å². The van der Waals surface area contributed by atoms with E-state index in [9.17, 15) is 9.90 Å². The van der Waals surface area contributed by atoms with Crippen LogP contribution in [0.15, 0.2) is 12.2 Å². The average molecular weight is 273 g/mol. The largest absolute Gasteiger partial charge is 0.507 e. The number of carbonyl (C=O) groups excluding carboxylic acids is 1. The molecule has 108 valence electrons. The van der Waals surface area contributed by atoms with E-state index in [4.69, 9.17) is 0 Å². The molecule has 0 aromatic heterocycles. The van der Waals surface area contributed by atoms with E-state index in [0.717, 1.165) is 39.9 Å². The van der Waals surface area contributed by atoms with Crippen LogP contribution >= 0.6 is 0 Å². The molecule has 2 rings (SSSR count). The van der Waals surface area contributed by atoms with Crippen LogP contribution in [-0.2, 0) is 17.6 Å². The molecule has 1 unspecified atom stereocenters. The van der Waals surface area contributed by atoms with Gasteiger partial charge < -0.3 is 10.0 Å². The number of amides is 1. The van der Waals surface area contributed by atoms with Gasteiger partial charge in [-0.05, 0) is 57.2 Å². The minimum atomic E-state index is 0.0608. The van der Waals surface area contributed by atoms with Gasteiger partial charge in [-0.2, -0.15) is 0 Å². The second-order valence-corrected chi connectivity index (χ2v) is 5.98. The molecule has 1 atom stereocenters. The van der Waals surface area contributed by atoms with Crippen molar-refractivity contribution in [2.45, 2.75) is 53.5 Å². The molecule has 0 aliphatic carbocycles. The minimum Gasteiger partial charge on any atom is -0.507 e. The van der Waals surface area contributed by atoms with Gasteiger partial charge in [-0.15, -0.1) is 0 Å². The molecule has 0 spiro atoms. The van der Waals surface area contributed by atoms with Crippen molar-refractivity contribution in [3.05, 3.63) is 34.4 Å². The van der Waals surface area contributed by atoms with E-state index >= 15 is 0 Å². The number of fused-ring (bicyclic) bond motifs is 1. The lowest BCUT2D eigenvalue weighted by Crippen LogP contribution is -2.34. The molecule has 0 saturated carbocycles. The van der Waals surface area contributed by atoms with E-state index in [0.29, 0.717) is 12.2 Å². The first-order valence-corrected chi connectivity index (χ1v) is 7.03. The first kappa shape index (κ1) is 14.6. The lowest BCUT2D eigenvalue weighted by atomic mass is 9.92. The van der Waals surface area contributed by atoms with E-state index in [1.165, 1.54) is 0 Å². The lowest BCUT2D eigenvalue weighted by molar-refractivity contribution is -0.116. The van der Waals surface area contributed by atoms with Crippen LogP contribution in [0, 0.1) is 13.8 Å². The summed E-state index contributed by atoms with van der Waals surface area (Å²) in [4.78, 5) is 13.8. The number of hydrogen-bond donors (Lipinski definition) is 1. The highest BCUT2D eigenvalue weighted by atomic mass is 16.3. The van der Waals surface area contributed by atoms with Gasteiger partial charge in [0.25, 0.3) is 0 Å². The topological polar surface area (TPSA) is 40.5 Å². The minimum absolute atomic E-state index is 0.0608. The van der Waals surface area contributed by atoms with Crippen molar-refractivity contribution < 1.29 is 9.90 Å². The smallest absolute Gasteiger partial charge is 0.224 e. The maximum atomic E-state index is 11.9. The Morgan fingerprint density at radius 2 is 1.95 bits per heavy atom. The molecule has 0 bridgehead atoms. The molecule has 1 heterocycles. The fourth-order valence-corrected chi connectivity index (χ4v) is 3.26. The third-order valence-corrected chi connectivity index (χ3v) is 4.19. The van der Waals surface area contributed by atoms with Gasteiger partial charge in [0.15, 0.2) is 0 Å². The van der Waals surface area contributed by atoms with Gasteiger partial charge in [-0.25, -0.2) is 0 Å². The van der Waals surface area contributed by atoms with Crippen molar-refractivity contribution in [2.24, 2.45) is 0 Å². The number of aromatic hydroxyl groups is 1. The number of carbonyl (C=O) groups is 1. The summed E-state index contributed by atoms with van der Waals surface area (Å²) >= 11 is 0. The van der Waals surface area contributed by atoms with Crippen LogP contribution in [0.5, 0.6) is 5.75 Å². The van der Waals surface area contributed by atoms with Crippen molar-refractivity contribution >= 4 is 11.6 Å². The third-order valence-electron chi connectivity index (χ3n) is 4.19. The molecule has 1 aliphatic heterocycles. The van der Waals surface area contributed by atoms with Crippen molar-refractivity contribution in [2.75, 3.05) is 4.90 Å². The SMILES string of the molecule is C=C(C)Cc1c(C)c2c(c(C)c1O)CC(C)N2C(C)=O. The Morgan fingerprint density at radius 1 is 1.35 bits per heavy atom. The van der Waals surface area contributed by atoms with E-state index in [1.807, 2.05) is 25.7 Å². The number of anilines is 1. The summed E-state index contributed by atoms with van der Waals surface area (Å²) in [6.07, 6.45) is 1.45.